The third-order valence-corrected chi connectivity index (χ3v) is 6.35. The molecule has 0 saturated carbocycles. The van der Waals surface area contributed by atoms with Gasteiger partial charge in [-0.25, -0.2) is 4.39 Å². The van der Waals surface area contributed by atoms with E-state index in [1.165, 1.54) is 12.1 Å². The van der Waals surface area contributed by atoms with Crippen LogP contribution < -0.4 is 5.32 Å². The van der Waals surface area contributed by atoms with Gasteiger partial charge in [0, 0.05) is 36.0 Å². The van der Waals surface area contributed by atoms with E-state index in [4.69, 9.17) is 0 Å². The fourth-order valence-electron chi connectivity index (χ4n) is 3.58. The first-order valence-corrected chi connectivity index (χ1v) is 11.3. The Labute approximate surface area is 191 Å². The second-order valence-corrected chi connectivity index (χ2v) is 8.62. The van der Waals surface area contributed by atoms with Crippen LogP contribution in [0.3, 0.4) is 0 Å². The van der Waals surface area contributed by atoms with Crippen LogP contribution in [-0.4, -0.2) is 54.3 Å². The molecule has 2 amide bonds. The number of nitrogens with zero attached hydrogens (tertiary/aromatic N) is 2. The Bertz CT molecular complexity index is 1090. The van der Waals surface area contributed by atoms with Crippen molar-refractivity contribution in [2.45, 2.75) is 9.79 Å². The van der Waals surface area contributed by atoms with Gasteiger partial charge in [0.05, 0.1) is 17.8 Å². The van der Waals surface area contributed by atoms with Crippen molar-refractivity contribution in [3.05, 3.63) is 90.2 Å². The van der Waals surface area contributed by atoms with Crippen molar-refractivity contribution in [2.24, 2.45) is 0 Å². The molecule has 0 atom stereocenters. The Morgan fingerprint density at radius 1 is 0.844 bits per heavy atom. The predicted molar refractivity (Wildman–Crippen MR) is 124 cm³/mol. The molecule has 1 heterocycles. The SMILES string of the molecule is O=C(CN1CCN(C(=O)c2ccccc2F)CC1)Nc1ccccc1Sc1ccccc1. The first kappa shape index (κ1) is 22.0. The van der Waals surface area contributed by atoms with Crippen molar-refractivity contribution in [3.8, 4) is 0 Å². The van der Waals surface area contributed by atoms with Crippen LogP contribution in [0.15, 0.2) is 88.7 Å². The van der Waals surface area contributed by atoms with Gasteiger partial charge in [0.15, 0.2) is 0 Å². The Morgan fingerprint density at radius 2 is 1.50 bits per heavy atom. The van der Waals surface area contributed by atoms with E-state index < -0.39 is 5.82 Å². The maximum atomic E-state index is 13.9. The maximum absolute atomic E-state index is 13.9. The highest BCUT2D eigenvalue weighted by molar-refractivity contribution is 7.99. The monoisotopic (exact) mass is 449 g/mol. The Balaban J connectivity index is 1.31. The minimum Gasteiger partial charge on any atom is -0.336 e. The van der Waals surface area contributed by atoms with Crippen molar-refractivity contribution in [2.75, 3.05) is 38.0 Å². The molecule has 4 rings (SSSR count). The van der Waals surface area contributed by atoms with Crippen LogP contribution in [0.4, 0.5) is 10.1 Å². The fraction of sp³-hybridized carbons (Fsp3) is 0.200. The number of carbonyl (C=O) groups excluding carboxylic acids is 2. The van der Waals surface area contributed by atoms with Gasteiger partial charge in [0.1, 0.15) is 5.82 Å². The Hall–Kier alpha value is -3.16. The zero-order chi connectivity index (χ0) is 22.3. The first-order chi connectivity index (χ1) is 15.6. The molecule has 0 radical (unpaired) electrons. The standard InChI is InChI=1S/C25H24FN3O2S/c26-21-11-5-4-10-20(21)25(31)29-16-14-28(15-17-29)18-24(30)27-22-12-6-7-13-23(22)32-19-8-2-1-3-9-19/h1-13H,14-18H2,(H,27,30). The summed E-state index contributed by atoms with van der Waals surface area (Å²) >= 11 is 1.60. The van der Waals surface area contributed by atoms with E-state index >= 15 is 0 Å². The normalized spacial score (nSPS) is 14.2. The van der Waals surface area contributed by atoms with Crippen molar-refractivity contribution in [3.63, 3.8) is 0 Å². The van der Waals surface area contributed by atoms with Crippen LogP contribution in [0.25, 0.3) is 0 Å². The van der Waals surface area contributed by atoms with Crippen LogP contribution in [0.2, 0.25) is 0 Å². The average molecular weight is 450 g/mol. The number of carbonyl (C=O) groups is 2. The summed E-state index contributed by atoms with van der Waals surface area (Å²) in [7, 11) is 0. The molecule has 0 spiro atoms. The van der Waals surface area contributed by atoms with Gasteiger partial charge in [0.2, 0.25) is 5.91 Å². The zero-order valence-electron chi connectivity index (χ0n) is 17.5. The molecular formula is C25H24FN3O2S. The lowest BCUT2D eigenvalue weighted by molar-refractivity contribution is -0.117. The molecule has 1 fully saturated rings. The van der Waals surface area contributed by atoms with Gasteiger partial charge in [-0.3, -0.25) is 14.5 Å². The number of para-hydroxylation sites is 1. The summed E-state index contributed by atoms with van der Waals surface area (Å²) in [6, 6.07) is 23.8. The lowest BCUT2D eigenvalue weighted by Gasteiger charge is -2.34. The van der Waals surface area contributed by atoms with Crippen LogP contribution in [0, 0.1) is 5.82 Å². The molecule has 5 nitrogen and oxygen atoms in total. The molecule has 7 heteroatoms. The molecule has 164 valence electrons. The van der Waals surface area contributed by atoms with Crippen molar-refractivity contribution >= 4 is 29.3 Å². The number of hydrogen-bond acceptors (Lipinski definition) is 4. The molecule has 1 N–H and O–H groups in total. The highest BCUT2D eigenvalue weighted by atomic mass is 32.2. The van der Waals surface area contributed by atoms with Gasteiger partial charge in [-0.15, -0.1) is 0 Å². The summed E-state index contributed by atoms with van der Waals surface area (Å²) in [5.41, 5.74) is 0.867. The number of rotatable bonds is 6. The molecule has 0 aliphatic carbocycles. The number of halogens is 1. The van der Waals surface area contributed by atoms with Crippen molar-refractivity contribution in [1.29, 1.82) is 0 Å². The highest BCUT2D eigenvalue weighted by Crippen LogP contribution is 2.33. The van der Waals surface area contributed by atoms with Crippen LogP contribution >= 0.6 is 11.8 Å². The Morgan fingerprint density at radius 3 is 2.25 bits per heavy atom. The third kappa shape index (κ3) is 5.55. The summed E-state index contributed by atoms with van der Waals surface area (Å²) in [6.07, 6.45) is 0. The van der Waals surface area contributed by atoms with Gasteiger partial charge in [0.25, 0.3) is 5.91 Å². The number of hydrogen-bond donors (Lipinski definition) is 1. The zero-order valence-corrected chi connectivity index (χ0v) is 18.4. The van der Waals surface area contributed by atoms with Crippen LogP contribution in [0.1, 0.15) is 10.4 Å². The molecule has 1 saturated heterocycles. The summed E-state index contributed by atoms with van der Waals surface area (Å²) in [5, 5.41) is 3.01. The first-order valence-electron chi connectivity index (χ1n) is 10.5. The quantitative estimate of drug-likeness (QED) is 0.607. The van der Waals surface area contributed by atoms with E-state index in [1.54, 1.807) is 28.8 Å². The van der Waals surface area contributed by atoms with E-state index in [9.17, 15) is 14.0 Å². The molecule has 3 aromatic carbocycles. The van der Waals surface area contributed by atoms with E-state index in [0.717, 1.165) is 15.5 Å². The van der Waals surface area contributed by atoms with Gasteiger partial charge >= 0.3 is 0 Å². The topological polar surface area (TPSA) is 52.7 Å². The number of amides is 2. The number of nitrogens with one attached hydrogen (secondary N) is 1. The van der Waals surface area contributed by atoms with Gasteiger partial charge in [-0.05, 0) is 36.4 Å². The summed E-state index contributed by atoms with van der Waals surface area (Å²) in [4.78, 5) is 31.0. The smallest absolute Gasteiger partial charge is 0.256 e. The minimum atomic E-state index is -0.508. The van der Waals surface area contributed by atoms with Gasteiger partial charge < -0.3 is 10.2 Å². The van der Waals surface area contributed by atoms with E-state index in [1.807, 2.05) is 59.5 Å². The molecule has 32 heavy (non-hydrogen) atoms. The highest BCUT2D eigenvalue weighted by Gasteiger charge is 2.25. The molecule has 3 aromatic rings. The lowest BCUT2D eigenvalue weighted by atomic mass is 10.1. The Kier molecular flexibility index (Phi) is 7.19. The van der Waals surface area contributed by atoms with E-state index in [2.05, 4.69) is 5.32 Å². The number of piperazine rings is 1. The largest absolute Gasteiger partial charge is 0.336 e. The predicted octanol–water partition coefficient (Wildman–Crippen LogP) is 4.37. The van der Waals surface area contributed by atoms with Gasteiger partial charge in [-0.2, -0.15) is 0 Å². The second kappa shape index (κ2) is 10.4. The third-order valence-electron chi connectivity index (χ3n) is 5.26. The molecule has 0 bridgehead atoms. The number of anilines is 1. The molecular weight excluding hydrogens is 425 g/mol. The molecule has 0 aromatic heterocycles. The fourth-order valence-corrected chi connectivity index (χ4v) is 4.50. The minimum absolute atomic E-state index is 0.0891. The molecule has 1 aliphatic heterocycles. The number of benzene rings is 3. The van der Waals surface area contributed by atoms with Crippen LogP contribution in [-0.2, 0) is 4.79 Å². The molecule has 0 unspecified atom stereocenters. The van der Waals surface area contributed by atoms with E-state index in [0.29, 0.717) is 26.2 Å². The maximum Gasteiger partial charge on any atom is 0.256 e. The van der Waals surface area contributed by atoms with Crippen molar-refractivity contribution < 1.29 is 14.0 Å². The average Bonchev–Trinajstić information content (AvgIpc) is 2.81. The van der Waals surface area contributed by atoms with Gasteiger partial charge in [-0.1, -0.05) is 54.2 Å². The summed E-state index contributed by atoms with van der Waals surface area (Å²) in [5.74, 6) is -0.912. The van der Waals surface area contributed by atoms with Crippen molar-refractivity contribution in [1.82, 2.24) is 9.80 Å². The lowest BCUT2D eigenvalue weighted by Crippen LogP contribution is -2.50. The van der Waals surface area contributed by atoms with E-state index in [-0.39, 0.29) is 23.9 Å². The molecule has 1 aliphatic rings. The second-order valence-electron chi connectivity index (χ2n) is 7.51. The summed E-state index contributed by atoms with van der Waals surface area (Å²) < 4.78 is 13.9. The summed E-state index contributed by atoms with van der Waals surface area (Å²) in [6.45, 7) is 2.29. The van der Waals surface area contributed by atoms with Crippen LogP contribution in [0.5, 0.6) is 0 Å².